The van der Waals surface area contributed by atoms with Crippen LogP contribution in [0, 0.1) is 11.8 Å². The minimum atomic E-state index is -0.568. The molecule has 3 aromatic rings. The van der Waals surface area contributed by atoms with E-state index in [0.29, 0.717) is 5.92 Å². The summed E-state index contributed by atoms with van der Waals surface area (Å²) in [6, 6.07) is 12.3. The highest BCUT2D eigenvalue weighted by Gasteiger charge is 2.46. The molecule has 2 aromatic heterocycles. The Morgan fingerprint density at radius 1 is 1.16 bits per heavy atom. The molecule has 162 valence electrons. The van der Waals surface area contributed by atoms with Crippen LogP contribution in [0.2, 0.25) is 0 Å². The van der Waals surface area contributed by atoms with Crippen molar-refractivity contribution in [2.24, 2.45) is 11.8 Å². The molecule has 1 fully saturated rings. The molecule has 6 rings (SSSR count). The van der Waals surface area contributed by atoms with Crippen molar-refractivity contribution >= 4 is 16.6 Å². The fraction of sp³-hybridized carbons (Fsp3) is 0.462. The van der Waals surface area contributed by atoms with Gasteiger partial charge in [0.25, 0.3) is 0 Å². The van der Waals surface area contributed by atoms with Gasteiger partial charge in [0.1, 0.15) is 5.82 Å². The van der Waals surface area contributed by atoms with Crippen LogP contribution in [-0.4, -0.2) is 50.7 Å². The third-order valence-corrected chi connectivity index (χ3v) is 7.25. The SMILES string of the molecule is CN(CCCc1nc2ccccc2[nH]1)CC[C@@]1(O)C[C@H]2CC[C@H]1C=C2c1cccnc1. The number of nitrogens with one attached hydrogen (secondary N) is 1. The van der Waals surface area contributed by atoms with Crippen molar-refractivity contribution in [3.05, 3.63) is 66.3 Å². The Hall–Kier alpha value is -2.50. The van der Waals surface area contributed by atoms with Crippen LogP contribution in [0.5, 0.6) is 0 Å². The van der Waals surface area contributed by atoms with E-state index < -0.39 is 5.60 Å². The van der Waals surface area contributed by atoms with Gasteiger partial charge in [0.2, 0.25) is 0 Å². The second-order valence-electron chi connectivity index (χ2n) is 9.41. The van der Waals surface area contributed by atoms with E-state index in [4.69, 9.17) is 0 Å². The Kier molecular flexibility index (Phi) is 5.63. The molecule has 0 unspecified atom stereocenters. The standard InChI is InChI=1S/C26H32N4O/c1-30(14-5-9-25-28-23-7-2-3-8-24(23)29-25)15-12-26(31)17-19-10-11-21(26)16-22(19)20-6-4-13-27-18-20/h2-4,6-8,13,16,18-19,21,31H,5,9-12,14-15,17H2,1H3,(H,28,29)/t19-,21+,26-/m1/s1. The van der Waals surface area contributed by atoms with Gasteiger partial charge in [0.15, 0.2) is 0 Å². The number of aromatic nitrogens is 3. The van der Waals surface area contributed by atoms with Crippen LogP contribution in [0.25, 0.3) is 16.6 Å². The zero-order valence-corrected chi connectivity index (χ0v) is 18.3. The van der Waals surface area contributed by atoms with Gasteiger partial charge >= 0.3 is 0 Å². The van der Waals surface area contributed by atoms with Gasteiger partial charge in [0, 0.05) is 31.3 Å². The minimum absolute atomic E-state index is 0.261. The molecular weight excluding hydrogens is 384 g/mol. The predicted octanol–water partition coefficient (Wildman–Crippen LogP) is 4.46. The highest BCUT2D eigenvalue weighted by molar-refractivity contribution is 5.74. The molecular formula is C26H32N4O. The fourth-order valence-corrected chi connectivity index (χ4v) is 5.48. The molecule has 0 amide bonds. The average Bonchev–Trinajstić information content (AvgIpc) is 3.21. The number of hydrogen-bond acceptors (Lipinski definition) is 4. The van der Waals surface area contributed by atoms with E-state index in [0.717, 1.165) is 62.1 Å². The first kappa shape index (κ1) is 20.4. The van der Waals surface area contributed by atoms with Gasteiger partial charge < -0.3 is 15.0 Å². The van der Waals surface area contributed by atoms with E-state index in [-0.39, 0.29) is 5.92 Å². The zero-order valence-electron chi connectivity index (χ0n) is 18.3. The van der Waals surface area contributed by atoms with Crippen molar-refractivity contribution in [2.75, 3.05) is 20.1 Å². The van der Waals surface area contributed by atoms with Crippen LogP contribution in [0.4, 0.5) is 0 Å². The maximum Gasteiger partial charge on any atom is 0.107 e. The lowest BCUT2D eigenvalue weighted by Crippen LogP contribution is -2.48. The summed E-state index contributed by atoms with van der Waals surface area (Å²) >= 11 is 0. The van der Waals surface area contributed by atoms with Crippen LogP contribution < -0.4 is 0 Å². The first-order valence-electron chi connectivity index (χ1n) is 11.6. The number of fused-ring (bicyclic) bond motifs is 3. The van der Waals surface area contributed by atoms with Gasteiger partial charge in [-0.1, -0.05) is 24.3 Å². The molecule has 2 bridgehead atoms. The normalized spacial score (nSPS) is 25.3. The Labute approximate surface area is 184 Å². The number of hydrogen-bond donors (Lipinski definition) is 2. The summed E-state index contributed by atoms with van der Waals surface area (Å²) < 4.78 is 0. The van der Waals surface area contributed by atoms with E-state index in [9.17, 15) is 5.11 Å². The summed E-state index contributed by atoms with van der Waals surface area (Å²) in [4.78, 5) is 14.7. The van der Waals surface area contributed by atoms with Crippen molar-refractivity contribution < 1.29 is 5.11 Å². The van der Waals surface area contributed by atoms with E-state index in [2.05, 4.69) is 45.1 Å². The van der Waals surface area contributed by atoms with Crippen molar-refractivity contribution in [3.63, 3.8) is 0 Å². The Balaban J connectivity index is 1.13. The highest BCUT2D eigenvalue weighted by atomic mass is 16.3. The fourth-order valence-electron chi connectivity index (χ4n) is 5.48. The minimum Gasteiger partial charge on any atom is -0.389 e. The van der Waals surface area contributed by atoms with Crippen LogP contribution in [-0.2, 0) is 6.42 Å². The number of pyridine rings is 1. The van der Waals surface area contributed by atoms with Crippen molar-refractivity contribution in [2.45, 2.75) is 44.1 Å². The number of para-hydroxylation sites is 2. The third-order valence-electron chi connectivity index (χ3n) is 7.25. The summed E-state index contributed by atoms with van der Waals surface area (Å²) in [6.07, 6.45) is 12.1. The molecule has 1 aromatic carbocycles. The van der Waals surface area contributed by atoms with Gasteiger partial charge in [-0.05, 0) is 81.0 Å². The first-order valence-corrected chi connectivity index (χ1v) is 11.6. The quantitative estimate of drug-likeness (QED) is 0.569. The molecule has 1 saturated carbocycles. The van der Waals surface area contributed by atoms with Crippen LogP contribution >= 0.6 is 0 Å². The Bertz CT molecular complexity index is 1030. The van der Waals surface area contributed by atoms with E-state index in [1.54, 1.807) is 0 Å². The summed E-state index contributed by atoms with van der Waals surface area (Å²) in [5.74, 6) is 1.78. The van der Waals surface area contributed by atoms with Crippen LogP contribution in [0.1, 0.15) is 43.5 Å². The van der Waals surface area contributed by atoms with Crippen molar-refractivity contribution in [1.82, 2.24) is 19.9 Å². The zero-order chi connectivity index (χ0) is 21.3. The van der Waals surface area contributed by atoms with Crippen LogP contribution in [0.15, 0.2) is 54.9 Å². The monoisotopic (exact) mass is 416 g/mol. The third kappa shape index (κ3) is 4.30. The molecule has 5 heteroatoms. The molecule has 0 radical (unpaired) electrons. The Morgan fingerprint density at radius 2 is 2.06 bits per heavy atom. The van der Waals surface area contributed by atoms with E-state index >= 15 is 0 Å². The number of imidazole rings is 1. The lowest BCUT2D eigenvalue weighted by molar-refractivity contribution is -0.0574. The van der Waals surface area contributed by atoms with Crippen molar-refractivity contribution in [3.8, 4) is 0 Å². The summed E-state index contributed by atoms with van der Waals surface area (Å²) in [5, 5.41) is 11.5. The number of rotatable bonds is 8. The van der Waals surface area contributed by atoms with Gasteiger partial charge in [-0.3, -0.25) is 4.98 Å². The second kappa shape index (κ2) is 8.56. The number of aryl methyl sites for hydroxylation is 1. The van der Waals surface area contributed by atoms with Crippen molar-refractivity contribution in [1.29, 1.82) is 0 Å². The number of aromatic amines is 1. The molecule has 3 aliphatic rings. The number of benzene rings is 1. The topological polar surface area (TPSA) is 65.0 Å². The lowest BCUT2D eigenvalue weighted by Gasteiger charge is -2.48. The highest BCUT2D eigenvalue weighted by Crippen LogP contribution is 2.50. The molecule has 2 heterocycles. The largest absolute Gasteiger partial charge is 0.389 e. The first-order chi connectivity index (χ1) is 15.1. The maximum absolute atomic E-state index is 11.5. The molecule has 0 saturated heterocycles. The number of H-pyrrole nitrogens is 1. The van der Waals surface area contributed by atoms with Gasteiger partial charge in [-0.2, -0.15) is 0 Å². The second-order valence-corrected chi connectivity index (χ2v) is 9.41. The van der Waals surface area contributed by atoms with Gasteiger partial charge in [-0.25, -0.2) is 4.98 Å². The summed E-state index contributed by atoms with van der Waals surface area (Å²) in [7, 11) is 2.17. The molecule has 5 nitrogen and oxygen atoms in total. The Morgan fingerprint density at radius 3 is 2.84 bits per heavy atom. The molecule has 3 atom stereocenters. The van der Waals surface area contributed by atoms with Crippen LogP contribution in [0.3, 0.4) is 0 Å². The van der Waals surface area contributed by atoms with Gasteiger partial charge in [-0.15, -0.1) is 0 Å². The van der Waals surface area contributed by atoms with Gasteiger partial charge in [0.05, 0.1) is 16.6 Å². The smallest absolute Gasteiger partial charge is 0.107 e. The number of nitrogens with zero attached hydrogens (tertiary/aromatic N) is 3. The predicted molar refractivity (Wildman–Crippen MR) is 125 cm³/mol. The molecule has 3 aliphatic carbocycles. The summed E-state index contributed by atoms with van der Waals surface area (Å²) in [6.45, 7) is 1.94. The molecule has 2 N–H and O–H groups in total. The molecule has 0 spiro atoms. The van der Waals surface area contributed by atoms with E-state index in [1.165, 1.54) is 17.6 Å². The lowest BCUT2D eigenvalue weighted by atomic mass is 9.61. The average molecular weight is 417 g/mol. The maximum atomic E-state index is 11.5. The molecule has 31 heavy (non-hydrogen) atoms. The number of aliphatic hydroxyl groups is 1. The summed E-state index contributed by atoms with van der Waals surface area (Å²) in [5.41, 5.74) is 4.20. The molecule has 0 aliphatic heterocycles. The number of allylic oxidation sites excluding steroid dienone is 1. The van der Waals surface area contributed by atoms with E-state index in [1.807, 2.05) is 36.7 Å².